The number of hydrogen-bond acceptors (Lipinski definition) is 3. The molecule has 0 radical (unpaired) electrons. The maximum Gasteiger partial charge on any atom is 0.321 e. The molecule has 0 aliphatic carbocycles. The third-order valence-corrected chi connectivity index (χ3v) is 6.33. The van der Waals surface area contributed by atoms with E-state index in [0.717, 1.165) is 6.07 Å². The summed E-state index contributed by atoms with van der Waals surface area (Å²) in [5.41, 5.74) is -1.68. The van der Waals surface area contributed by atoms with Crippen molar-refractivity contribution in [1.82, 2.24) is 5.32 Å². The van der Waals surface area contributed by atoms with Crippen LogP contribution in [0.1, 0.15) is 44.2 Å². The average molecular weight is 467 g/mol. The van der Waals surface area contributed by atoms with E-state index in [1.54, 1.807) is 0 Å². The molecule has 2 aromatic carbocycles. The zero-order valence-corrected chi connectivity index (χ0v) is 18.7. The van der Waals surface area contributed by atoms with E-state index in [1.807, 2.05) is 20.8 Å². The fraction of sp³-hybridized carbons (Fsp3) is 0.391. The lowest BCUT2D eigenvalue weighted by molar-refractivity contribution is -0.139. The SMILES string of the molecule is CC(C)(C)CC1NC(C(=O)O)C(c2cccc(Cl)c2F)C1(C#N)c1ccc(Cl)c(F)c1. The fourth-order valence-corrected chi connectivity index (χ4v) is 4.80. The van der Waals surface area contributed by atoms with E-state index < -0.39 is 41.0 Å². The number of nitrogens with one attached hydrogen (secondary N) is 1. The lowest BCUT2D eigenvalue weighted by Crippen LogP contribution is -2.44. The molecule has 0 spiro atoms. The number of benzene rings is 2. The van der Waals surface area contributed by atoms with Crippen molar-refractivity contribution in [3.63, 3.8) is 0 Å². The zero-order valence-electron chi connectivity index (χ0n) is 17.2. The van der Waals surface area contributed by atoms with Crippen LogP contribution in [-0.2, 0) is 10.2 Å². The number of carbonyl (C=O) groups is 1. The number of carboxylic acids is 1. The molecule has 0 aromatic heterocycles. The third kappa shape index (κ3) is 4.15. The maximum absolute atomic E-state index is 15.1. The van der Waals surface area contributed by atoms with E-state index in [2.05, 4.69) is 11.4 Å². The molecular weight excluding hydrogens is 445 g/mol. The monoisotopic (exact) mass is 466 g/mol. The molecule has 2 N–H and O–H groups in total. The molecule has 1 aliphatic rings. The second-order valence-electron chi connectivity index (χ2n) is 9.03. The zero-order chi connectivity index (χ0) is 23.1. The van der Waals surface area contributed by atoms with E-state index >= 15 is 4.39 Å². The second-order valence-corrected chi connectivity index (χ2v) is 9.84. The number of carboxylic acid groups (broad SMARTS) is 1. The van der Waals surface area contributed by atoms with E-state index in [-0.39, 0.29) is 26.6 Å². The first kappa shape index (κ1) is 23.5. The van der Waals surface area contributed by atoms with Crippen LogP contribution in [0.5, 0.6) is 0 Å². The number of aliphatic carboxylic acids is 1. The smallest absolute Gasteiger partial charge is 0.321 e. The predicted molar refractivity (Wildman–Crippen MR) is 115 cm³/mol. The molecule has 0 amide bonds. The highest BCUT2D eigenvalue weighted by atomic mass is 35.5. The molecule has 1 saturated heterocycles. The van der Waals surface area contributed by atoms with Gasteiger partial charge < -0.3 is 5.11 Å². The summed E-state index contributed by atoms with van der Waals surface area (Å²) >= 11 is 11.8. The van der Waals surface area contributed by atoms with E-state index in [9.17, 15) is 19.6 Å². The summed E-state index contributed by atoms with van der Waals surface area (Å²) in [5, 5.41) is 23.2. The van der Waals surface area contributed by atoms with Crippen LogP contribution in [0.2, 0.25) is 10.0 Å². The van der Waals surface area contributed by atoms with Crippen molar-refractivity contribution in [2.24, 2.45) is 5.41 Å². The van der Waals surface area contributed by atoms with Gasteiger partial charge in [-0.05, 0) is 41.2 Å². The first-order valence-corrected chi connectivity index (χ1v) is 10.5. The molecule has 1 fully saturated rings. The van der Waals surface area contributed by atoms with Crippen molar-refractivity contribution in [2.75, 3.05) is 0 Å². The van der Waals surface area contributed by atoms with E-state index in [4.69, 9.17) is 23.2 Å². The molecule has 0 bridgehead atoms. The molecule has 164 valence electrons. The van der Waals surface area contributed by atoms with Gasteiger partial charge >= 0.3 is 5.97 Å². The molecular formula is C23H22Cl2F2N2O2. The van der Waals surface area contributed by atoms with Crippen LogP contribution in [0.3, 0.4) is 0 Å². The summed E-state index contributed by atoms with van der Waals surface area (Å²) in [6.45, 7) is 5.84. The highest BCUT2D eigenvalue weighted by Gasteiger charge is 2.60. The van der Waals surface area contributed by atoms with Crippen LogP contribution < -0.4 is 5.32 Å². The van der Waals surface area contributed by atoms with Gasteiger partial charge in [0.2, 0.25) is 0 Å². The topological polar surface area (TPSA) is 73.1 Å². The van der Waals surface area contributed by atoms with Crippen LogP contribution in [0.15, 0.2) is 36.4 Å². The molecule has 4 unspecified atom stereocenters. The number of hydrogen-bond donors (Lipinski definition) is 2. The van der Waals surface area contributed by atoms with Gasteiger partial charge in [-0.25, -0.2) is 8.78 Å². The quantitative estimate of drug-likeness (QED) is 0.607. The van der Waals surface area contributed by atoms with Crippen LogP contribution in [-0.4, -0.2) is 23.2 Å². The van der Waals surface area contributed by atoms with Gasteiger partial charge in [0.15, 0.2) is 0 Å². The van der Waals surface area contributed by atoms with Crippen molar-refractivity contribution >= 4 is 29.2 Å². The van der Waals surface area contributed by atoms with Crippen molar-refractivity contribution in [3.05, 3.63) is 69.2 Å². The Hall–Kier alpha value is -2.20. The van der Waals surface area contributed by atoms with Crippen molar-refractivity contribution in [1.29, 1.82) is 5.26 Å². The first-order valence-electron chi connectivity index (χ1n) is 9.72. The van der Waals surface area contributed by atoms with Crippen molar-refractivity contribution in [3.8, 4) is 6.07 Å². The molecule has 2 aromatic rings. The number of nitrogens with zero attached hydrogens (tertiary/aromatic N) is 1. The summed E-state index contributed by atoms with van der Waals surface area (Å²) in [4.78, 5) is 12.2. The second kappa shape index (κ2) is 8.38. The van der Waals surface area contributed by atoms with Gasteiger partial charge in [-0.1, -0.05) is 62.2 Å². The Morgan fingerprint density at radius 2 is 1.90 bits per heavy atom. The summed E-state index contributed by atoms with van der Waals surface area (Å²) < 4.78 is 29.6. The van der Waals surface area contributed by atoms with E-state index in [1.165, 1.54) is 30.3 Å². The summed E-state index contributed by atoms with van der Waals surface area (Å²) in [6, 6.07) is 8.45. The Bertz CT molecular complexity index is 1060. The van der Waals surface area contributed by atoms with Gasteiger partial charge in [-0.3, -0.25) is 10.1 Å². The minimum absolute atomic E-state index is 0.0132. The number of rotatable bonds is 4. The Kier molecular flexibility index (Phi) is 6.35. The van der Waals surface area contributed by atoms with Gasteiger partial charge in [0.05, 0.1) is 16.1 Å². The molecule has 1 heterocycles. The van der Waals surface area contributed by atoms with Crippen LogP contribution in [0.25, 0.3) is 0 Å². The van der Waals surface area contributed by atoms with Crippen molar-refractivity contribution in [2.45, 2.75) is 50.6 Å². The number of nitriles is 1. The molecule has 3 rings (SSSR count). The minimum atomic E-state index is -1.59. The van der Waals surface area contributed by atoms with Gasteiger partial charge in [0.25, 0.3) is 0 Å². The first-order chi connectivity index (χ1) is 14.4. The highest BCUT2D eigenvalue weighted by Crippen LogP contribution is 2.52. The summed E-state index contributed by atoms with van der Waals surface area (Å²) in [5.74, 6) is -3.95. The lowest BCUT2D eigenvalue weighted by Gasteiger charge is -2.37. The largest absolute Gasteiger partial charge is 0.480 e. The van der Waals surface area contributed by atoms with Crippen LogP contribution in [0, 0.1) is 28.4 Å². The maximum atomic E-state index is 15.1. The van der Waals surface area contributed by atoms with Gasteiger partial charge in [-0.2, -0.15) is 5.26 Å². The minimum Gasteiger partial charge on any atom is -0.480 e. The Labute approximate surface area is 189 Å². The summed E-state index contributed by atoms with van der Waals surface area (Å²) in [7, 11) is 0. The third-order valence-electron chi connectivity index (χ3n) is 5.74. The van der Waals surface area contributed by atoms with Crippen molar-refractivity contribution < 1.29 is 18.7 Å². The number of halogens is 4. The molecule has 0 saturated carbocycles. The summed E-state index contributed by atoms with van der Waals surface area (Å²) in [6.07, 6.45) is 0.382. The fourth-order valence-electron chi connectivity index (χ4n) is 4.50. The normalized spacial score (nSPS) is 25.9. The molecule has 8 heteroatoms. The lowest BCUT2D eigenvalue weighted by atomic mass is 9.63. The van der Waals surface area contributed by atoms with Gasteiger partial charge in [0, 0.05) is 12.0 Å². The average Bonchev–Trinajstić information content (AvgIpc) is 2.99. The molecule has 4 atom stereocenters. The van der Waals surface area contributed by atoms with Gasteiger partial charge in [-0.15, -0.1) is 0 Å². The molecule has 1 aliphatic heterocycles. The molecule has 4 nitrogen and oxygen atoms in total. The van der Waals surface area contributed by atoms with Crippen LogP contribution >= 0.6 is 23.2 Å². The Morgan fingerprint density at radius 3 is 2.45 bits per heavy atom. The van der Waals surface area contributed by atoms with Gasteiger partial charge in [0.1, 0.15) is 23.1 Å². The predicted octanol–water partition coefficient (Wildman–Crippen LogP) is 5.68. The van der Waals surface area contributed by atoms with E-state index in [0.29, 0.717) is 6.42 Å². The standard InChI is InChI=1S/C23H22Cl2F2N2O2/c1-22(2,3)10-17-23(11-28,12-7-8-14(24)16(26)9-12)18(20(29-17)21(30)31)13-5-4-6-15(25)19(13)27/h4-9,17-18,20,29H,10H2,1-3H3,(H,30,31). The Balaban J connectivity index is 2.36. The highest BCUT2D eigenvalue weighted by molar-refractivity contribution is 6.31. The Morgan fingerprint density at radius 1 is 1.23 bits per heavy atom. The molecule has 31 heavy (non-hydrogen) atoms. The van der Waals surface area contributed by atoms with Crippen LogP contribution in [0.4, 0.5) is 8.78 Å².